The van der Waals surface area contributed by atoms with Crippen molar-refractivity contribution in [3.63, 3.8) is 0 Å². The van der Waals surface area contributed by atoms with E-state index >= 15 is 0 Å². The van der Waals surface area contributed by atoms with Gasteiger partial charge in [-0.2, -0.15) is 0 Å². The molecule has 0 aliphatic heterocycles. The number of carbonyl (C=O) groups excluding carboxylic acids is 2. The van der Waals surface area contributed by atoms with Gasteiger partial charge < -0.3 is 19.7 Å². The highest BCUT2D eigenvalue weighted by atomic mass is 16.6. The molecule has 8 nitrogen and oxygen atoms in total. The molecule has 0 aromatic heterocycles. The van der Waals surface area contributed by atoms with Gasteiger partial charge in [0.05, 0.1) is 7.11 Å². The van der Waals surface area contributed by atoms with Gasteiger partial charge in [-0.25, -0.2) is 9.59 Å². The fourth-order valence-corrected chi connectivity index (χ4v) is 2.94. The normalized spacial score (nSPS) is 12.3. The van der Waals surface area contributed by atoms with Crippen LogP contribution in [0.1, 0.15) is 42.8 Å². The standard InChI is InChI=1S/C23H25NO7/c1-14(25)15-5-8-17(9-6-15)24-22(29)31-21(23(2,3)12-11-20(27)28)16-7-10-19(30-4)18(26)13-16/h5-13,21,26H,1-4H3,(H,24,29)(H,27,28)/b12-11+/t21-/m1/s1. The number of Topliss-reactive ketones (excluding diaryl/α,β-unsaturated/α-hetero) is 1. The first kappa shape index (κ1) is 23.5. The van der Waals surface area contributed by atoms with Crippen molar-refractivity contribution in [3.8, 4) is 11.5 Å². The molecule has 2 rings (SSSR count). The summed E-state index contributed by atoms with van der Waals surface area (Å²) >= 11 is 0. The molecule has 1 amide bonds. The van der Waals surface area contributed by atoms with Gasteiger partial charge in [0, 0.05) is 22.7 Å². The zero-order chi connectivity index (χ0) is 23.2. The van der Waals surface area contributed by atoms with Crippen molar-refractivity contribution in [2.45, 2.75) is 26.9 Å². The molecule has 164 valence electrons. The van der Waals surface area contributed by atoms with Crippen molar-refractivity contribution in [1.82, 2.24) is 0 Å². The number of rotatable bonds is 8. The fraction of sp³-hybridized carbons (Fsp3) is 0.261. The topological polar surface area (TPSA) is 122 Å². The van der Waals surface area contributed by atoms with Gasteiger partial charge in [-0.05, 0) is 48.9 Å². The quantitative estimate of drug-likeness (QED) is 0.417. The third kappa shape index (κ3) is 6.33. The third-order valence-electron chi connectivity index (χ3n) is 4.60. The van der Waals surface area contributed by atoms with Crippen LogP contribution in [0, 0.1) is 5.41 Å². The first-order valence-electron chi connectivity index (χ1n) is 9.41. The third-order valence-corrected chi connectivity index (χ3v) is 4.60. The number of amides is 1. The second kappa shape index (κ2) is 9.80. The number of ketones is 1. The van der Waals surface area contributed by atoms with E-state index in [-0.39, 0.29) is 17.3 Å². The number of benzene rings is 2. The van der Waals surface area contributed by atoms with E-state index in [0.717, 1.165) is 6.08 Å². The van der Waals surface area contributed by atoms with Crippen LogP contribution >= 0.6 is 0 Å². The SMILES string of the molecule is COc1ccc([C@@H](OC(=O)Nc2ccc(C(C)=O)cc2)C(C)(C)/C=C/C(=O)O)cc1O. The molecule has 0 saturated heterocycles. The number of phenolic OH excluding ortho intramolecular Hbond substituents is 1. The molecule has 0 aliphatic rings. The van der Waals surface area contributed by atoms with Crippen molar-refractivity contribution in [1.29, 1.82) is 0 Å². The Morgan fingerprint density at radius 2 is 1.74 bits per heavy atom. The molecule has 2 aromatic rings. The number of carbonyl (C=O) groups is 3. The van der Waals surface area contributed by atoms with E-state index in [2.05, 4.69) is 5.32 Å². The first-order valence-corrected chi connectivity index (χ1v) is 9.41. The van der Waals surface area contributed by atoms with Crippen molar-refractivity contribution in [3.05, 3.63) is 65.7 Å². The molecule has 0 radical (unpaired) electrons. The average Bonchev–Trinajstić information content (AvgIpc) is 2.71. The number of hydrogen-bond donors (Lipinski definition) is 3. The van der Waals surface area contributed by atoms with Crippen LogP contribution in [0.5, 0.6) is 11.5 Å². The number of hydrogen-bond acceptors (Lipinski definition) is 6. The van der Waals surface area contributed by atoms with Crippen LogP contribution in [0.25, 0.3) is 0 Å². The summed E-state index contributed by atoms with van der Waals surface area (Å²) in [5.41, 5.74) is 0.436. The van der Waals surface area contributed by atoms with E-state index in [4.69, 9.17) is 14.6 Å². The van der Waals surface area contributed by atoms with Gasteiger partial charge in [0.25, 0.3) is 0 Å². The second-order valence-electron chi connectivity index (χ2n) is 7.47. The Kier molecular flexibility index (Phi) is 7.42. The van der Waals surface area contributed by atoms with Gasteiger partial charge in [-0.1, -0.05) is 26.0 Å². The fourth-order valence-electron chi connectivity index (χ4n) is 2.94. The van der Waals surface area contributed by atoms with E-state index < -0.39 is 23.6 Å². The average molecular weight is 427 g/mol. The molecule has 0 spiro atoms. The number of phenols is 1. The molecule has 0 unspecified atom stereocenters. The summed E-state index contributed by atoms with van der Waals surface area (Å²) in [5, 5.41) is 21.7. The minimum Gasteiger partial charge on any atom is -0.504 e. The predicted octanol–water partition coefficient (Wildman–Crippen LogP) is 4.56. The Hall–Kier alpha value is -3.81. The van der Waals surface area contributed by atoms with Crippen LogP contribution < -0.4 is 10.1 Å². The van der Waals surface area contributed by atoms with Crippen molar-refractivity contribution in [2.75, 3.05) is 12.4 Å². The maximum atomic E-state index is 12.6. The molecule has 1 atom stereocenters. The Morgan fingerprint density at radius 1 is 1.10 bits per heavy atom. The second-order valence-corrected chi connectivity index (χ2v) is 7.47. The lowest BCUT2D eigenvalue weighted by molar-refractivity contribution is -0.131. The summed E-state index contributed by atoms with van der Waals surface area (Å²) in [6, 6.07) is 10.8. The van der Waals surface area contributed by atoms with Crippen LogP contribution in [-0.2, 0) is 9.53 Å². The summed E-state index contributed by atoms with van der Waals surface area (Å²) in [5.74, 6) is -1.14. The highest BCUT2D eigenvalue weighted by molar-refractivity contribution is 5.95. The van der Waals surface area contributed by atoms with Crippen LogP contribution in [0.4, 0.5) is 10.5 Å². The zero-order valence-electron chi connectivity index (χ0n) is 17.7. The highest BCUT2D eigenvalue weighted by Gasteiger charge is 2.33. The zero-order valence-corrected chi connectivity index (χ0v) is 17.7. The minimum absolute atomic E-state index is 0.0968. The number of carboxylic acid groups (broad SMARTS) is 1. The highest BCUT2D eigenvalue weighted by Crippen LogP contribution is 2.41. The number of methoxy groups -OCH3 is 1. The van der Waals surface area contributed by atoms with E-state index in [1.807, 2.05) is 0 Å². The predicted molar refractivity (Wildman–Crippen MR) is 115 cm³/mol. The van der Waals surface area contributed by atoms with Gasteiger partial charge in [0.15, 0.2) is 17.3 Å². The molecule has 3 N–H and O–H groups in total. The number of anilines is 1. The van der Waals surface area contributed by atoms with Gasteiger partial charge in [0.1, 0.15) is 6.10 Å². The largest absolute Gasteiger partial charge is 0.504 e. The minimum atomic E-state index is -1.14. The molecule has 8 heteroatoms. The number of carboxylic acids is 1. The number of ether oxygens (including phenoxy) is 2. The van der Waals surface area contributed by atoms with Crippen LogP contribution in [0.2, 0.25) is 0 Å². The Morgan fingerprint density at radius 3 is 2.26 bits per heavy atom. The van der Waals surface area contributed by atoms with E-state index in [1.165, 1.54) is 32.2 Å². The maximum absolute atomic E-state index is 12.6. The molecule has 0 aliphatic carbocycles. The molecule has 0 fully saturated rings. The van der Waals surface area contributed by atoms with Gasteiger partial charge >= 0.3 is 12.1 Å². The Bertz CT molecular complexity index is 993. The van der Waals surface area contributed by atoms with Crippen LogP contribution in [0.3, 0.4) is 0 Å². The summed E-state index contributed by atoms with van der Waals surface area (Å²) in [6.45, 7) is 4.85. The molecule has 0 bridgehead atoms. The van der Waals surface area contributed by atoms with Gasteiger partial charge in [-0.15, -0.1) is 0 Å². The molecule has 0 heterocycles. The summed E-state index contributed by atoms with van der Waals surface area (Å²) < 4.78 is 10.7. The summed E-state index contributed by atoms with van der Waals surface area (Å²) in [6.07, 6.45) is 0.665. The monoisotopic (exact) mass is 427 g/mol. The van der Waals surface area contributed by atoms with E-state index in [0.29, 0.717) is 16.8 Å². The van der Waals surface area contributed by atoms with Gasteiger partial charge in [0.2, 0.25) is 0 Å². The lowest BCUT2D eigenvalue weighted by Crippen LogP contribution is -2.27. The Labute approximate surface area is 180 Å². The van der Waals surface area contributed by atoms with Gasteiger partial charge in [-0.3, -0.25) is 10.1 Å². The molecule has 31 heavy (non-hydrogen) atoms. The van der Waals surface area contributed by atoms with E-state index in [1.54, 1.807) is 44.2 Å². The lowest BCUT2D eigenvalue weighted by atomic mass is 9.82. The summed E-state index contributed by atoms with van der Waals surface area (Å²) in [4.78, 5) is 35.0. The number of aromatic hydroxyl groups is 1. The Balaban J connectivity index is 2.31. The van der Waals surface area contributed by atoms with Crippen molar-refractivity contribution in [2.24, 2.45) is 5.41 Å². The molecule has 0 saturated carbocycles. The lowest BCUT2D eigenvalue weighted by Gasteiger charge is -2.31. The van der Waals surface area contributed by atoms with Crippen LogP contribution in [0.15, 0.2) is 54.6 Å². The molecule has 2 aromatic carbocycles. The summed E-state index contributed by atoms with van der Waals surface area (Å²) in [7, 11) is 1.41. The van der Waals surface area contributed by atoms with Crippen LogP contribution in [-0.4, -0.2) is 35.2 Å². The smallest absolute Gasteiger partial charge is 0.412 e. The number of aliphatic carboxylic acids is 1. The molecular weight excluding hydrogens is 402 g/mol. The number of nitrogens with one attached hydrogen (secondary N) is 1. The maximum Gasteiger partial charge on any atom is 0.412 e. The van der Waals surface area contributed by atoms with Crippen molar-refractivity contribution < 1.29 is 34.1 Å². The molecular formula is C23H25NO7. The van der Waals surface area contributed by atoms with E-state index in [9.17, 15) is 19.5 Å². The van der Waals surface area contributed by atoms with Crippen molar-refractivity contribution >= 4 is 23.5 Å². The first-order chi connectivity index (χ1) is 14.5.